The molecule has 25 heavy (non-hydrogen) atoms. The third-order valence-electron chi connectivity index (χ3n) is 3.54. The van der Waals surface area contributed by atoms with Crippen molar-refractivity contribution in [3.05, 3.63) is 32.6 Å². The quantitative estimate of drug-likeness (QED) is 0.588. The van der Waals surface area contributed by atoms with Gasteiger partial charge in [-0.05, 0) is 37.1 Å². The van der Waals surface area contributed by atoms with Gasteiger partial charge in [-0.2, -0.15) is 0 Å². The van der Waals surface area contributed by atoms with Crippen molar-refractivity contribution in [3.8, 4) is 0 Å². The molecule has 1 aliphatic rings. The average Bonchev–Trinajstić information content (AvgIpc) is 2.86. The van der Waals surface area contributed by atoms with E-state index in [4.69, 9.17) is 14.2 Å². The van der Waals surface area contributed by atoms with E-state index in [1.807, 2.05) is 9.39 Å². The topological polar surface area (TPSA) is 88.8 Å². The van der Waals surface area contributed by atoms with Gasteiger partial charge < -0.3 is 14.2 Å². The molecule has 1 fully saturated rings. The molecule has 0 saturated carbocycles. The summed E-state index contributed by atoms with van der Waals surface area (Å²) >= 11 is 0. The van der Waals surface area contributed by atoms with Crippen molar-refractivity contribution in [2.75, 3.05) is 6.61 Å². The second kappa shape index (κ2) is 7.25. The second-order valence-corrected chi connectivity index (χ2v) is 7.35. The fraction of sp³-hybridized carbons (Fsp3) is 0.667. The van der Waals surface area contributed by atoms with E-state index >= 15 is 0 Å². The van der Waals surface area contributed by atoms with Gasteiger partial charge >= 0.3 is 11.8 Å². The standard InChI is InChI=1S/C15H22FN2O6P/c1-8-6-17(13(20)18(25)12(8)19)11-5-9(16)10(23-11)7-22-14(21)24-15(2,3)4/h6,9-11H,5,7,25H2,1-4H3/t9-,10?,11?/m0/s1/i16-1. The molecule has 0 radical (unpaired) electrons. The highest BCUT2D eigenvalue weighted by Crippen LogP contribution is 2.30. The molecular formula is C15H22FN2O6P. The molecule has 0 spiro atoms. The first kappa shape index (κ1) is 19.6. The van der Waals surface area contributed by atoms with Crippen LogP contribution >= 0.6 is 9.39 Å². The lowest BCUT2D eigenvalue weighted by molar-refractivity contribution is -0.0624. The summed E-state index contributed by atoms with van der Waals surface area (Å²) < 4.78 is 31.5. The molecule has 10 heteroatoms. The molecule has 1 aromatic rings. The predicted molar refractivity (Wildman–Crippen MR) is 90.4 cm³/mol. The van der Waals surface area contributed by atoms with Crippen LogP contribution in [0, 0.1) is 6.92 Å². The Morgan fingerprint density at radius 1 is 1.44 bits per heavy atom. The van der Waals surface area contributed by atoms with Gasteiger partial charge in [-0.1, -0.05) is 0 Å². The van der Waals surface area contributed by atoms with Gasteiger partial charge in [0.2, 0.25) is 0 Å². The Hall–Kier alpha value is -1.73. The van der Waals surface area contributed by atoms with E-state index in [1.165, 1.54) is 6.20 Å². The molecule has 2 rings (SSSR count). The van der Waals surface area contributed by atoms with E-state index in [2.05, 4.69) is 0 Å². The molecule has 0 bridgehead atoms. The van der Waals surface area contributed by atoms with Crippen molar-refractivity contribution in [1.82, 2.24) is 8.90 Å². The molecule has 1 aliphatic heterocycles. The fourth-order valence-electron chi connectivity index (χ4n) is 2.37. The summed E-state index contributed by atoms with van der Waals surface area (Å²) in [7, 11) is 2.02. The minimum Gasteiger partial charge on any atom is -0.431 e. The van der Waals surface area contributed by atoms with Gasteiger partial charge in [0.1, 0.15) is 30.7 Å². The highest BCUT2D eigenvalue weighted by Gasteiger charge is 2.38. The summed E-state index contributed by atoms with van der Waals surface area (Å²) in [6, 6.07) is 0. The van der Waals surface area contributed by atoms with Crippen LogP contribution in [0.3, 0.4) is 0 Å². The monoisotopic (exact) mass is 375 g/mol. The lowest BCUT2D eigenvalue weighted by Gasteiger charge is -2.20. The van der Waals surface area contributed by atoms with E-state index in [1.54, 1.807) is 27.7 Å². The van der Waals surface area contributed by atoms with Gasteiger partial charge in [0.15, 0.2) is 0 Å². The molecule has 8 nitrogen and oxygen atoms in total. The summed E-state index contributed by atoms with van der Waals surface area (Å²) in [4.78, 5) is 35.4. The maximum absolute atomic E-state index is 14.2. The lowest BCUT2D eigenvalue weighted by atomic mass is 10.2. The van der Waals surface area contributed by atoms with Gasteiger partial charge in [-0.25, -0.2) is 18.3 Å². The van der Waals surface area contributed by atoms with Crippen molar-refractivity contribution in [1.29, 1.82) is 0 Å². The number of aromatic nitrogens is 2. The zero-order valence-electron chi connectivity index (χ0n) is 14.5. The van der Waals surface area contributed by atoms with Gasteiger partial charge in [-0.3, -0.25) is 9.36 Å². The number of nitrogens with zero attached hydrogens (tertiary/aromatic N) is 2. The number of aryl methyl sites for hydroxylation is 1. The summed E-state index contributed by atoms with van der Waals surface area (Å²) in [6.45, 7) is 6.26. The molecule has 0 amide bonds. The van der Waals surface area contributed by atoms with Gasteiger partial charge in [-0.15, -0.1) is 0 Å². The van der Waals surface area contributed by atoms with E-state index in [0.717, 1.165) is 8.90 Å². The van der Waals surface area contributed by atoms with E-state index < -0.39 is 41.5 Å². The van der Waals surface area contributed by atoms with Crippen LogP contribution < -0.4 is 11.2 Å². The molecule has 2 heterocycles. The molecule has 3 unspecified atom stereocenters. The number of rotatable bonds is 3. The number of carbonyl (C=O) groups is 1. The Morgan fingerprint density at radius 3 is 2.68 bits per heavy atom. The first-order valence-electron chi connectivity index (χ1n) is 7.75. The first-order valence-corrected chi connectivity index (χ1v) is 8.26. The van der Waals surface area contributed by atoms with E-state index in [-0.39, 0.29) is 13.0 Å². The van der Waals surface area contributed by atoms with Crippen LogP contribution in [0.4, 0.5) is 9.18 Å². The minimum absolute atomic E-state index is 0.0927. The summed E-state index contributed by atoms with van der Waals surface area (Å²) in [5, 5.41) is 0. The number of halogens is 1. The number of carbonyl (C=O) groups excluding carboxylic acids is 1. The number of hydrogen-bond acceptors (Lipinski definition) is 6. The van der Waals surface area contributed by atoms with Gasteiger partial charge in [0.25, 0.3) is 5.56 Å². The van der Waals surface area contributed by atoms with Crippen LogP contribution in [-0.2, 0) is 14.2 Å². The smallest absolute Gasteiger partial charge is 0.431 e. The fourth-order valence-corrected chi connectivity index (χ4v) is 2.70. The third-order valence-corrected chi connectivity index (χ3v) is 4.00. The number of hydrogen-bond donors (Lipinski definition) is 0. The third kappa shape index (κ3) is 4.67. The Kier molecular flexibility index (Phi) is 5.68. The molecule has 0 N–H and O–H groups in total. The zero-order chi connectivity index (χ0) is 18.9. The SMILES string of the molecule is Cc1cn(C2C[C@H]([18F])C(COC(=O)OC(C)(C)C)O2)c(=O)n(P)c1=O. The normalized spacial score (nSPS) is 23.5. The highest BCUT2D eigenvalue weighted by atomic mass is 31.0. The van der Waals surface area contributed by atoms with Crippen LogP contribution in [0.1, 0.15) is 39.0 Å². The van der Waals surface area contributed by atoms with E-state index in [0.29, 0.717) is 5.56 Å². The molecule has 4 atom stereocenters. The number of alkyl halides is 1. The van der Waals surface area contributed by atoms with Crippen molar-refractivity contribution in [2.24, 2.45) is 0 Å². The predicted octanol–water partition coefficient (Wildman–Crippen LogP) is 1.53. The largest absolute Gasteiger partial charge is 0.508 e. The van der Waals surface area contributed by atoms with Crippen LogP contribution in [0.15, 0.2) is 15.8 Å². The molecule has 140 valence electrons. The van der Waals surface area contributed by atoms with Crippen molar-refractivity contribution >= 4 is 15.5 Å². The summed E-state index contributed by atoms with van der Waals surface area (Å²) in [6.07, 6.45) is -3.01. The Labute approximate surface area is 146 Å². The Morgan fingerprint density at radius 2 is 2.08 bits per heavy atom. The summed E-state index contributed by atoms with van der Waals surface area (Å²) in [5.74, 6) is 0. The Balaban J connectivity index is 2.06. The maximum atomic E-state index is 14.2. The minimum atomic E-state index is -1.43. The molecule has 0 aliphatic carbocycles. The van der Waals surface area contributed by atoms with Crippen LogP contribution in [0.25, 0.3) is 0 Å². The Bertz CT molecular complexity index is 769. The highest BCUT2D eigenvalue weighted by molar-refractivity contribution is 7.14. The summed E-state index contributed by atoms with van der Waals surface area (Å²) in [5.41, 5.74) is -1.48. The van der Waals surface area contributed by atoms with E-state index in [9.17, 15) is 18.8 Å². The first-order chi connectivity index (χ1) is 11.5. The van der Waals surface area contributed by atoms with Gasteiger partial charge in [0, 0.05) is 18.2 Å². The van der Waals surface area contributed by atoms with Crippen LogP contribution in [-0.4, -0.2) is 39.5 Å². The lowest BCUT2D eigenvalue weighted by Crippen LogP contribution is -2.38. The maximum Gasteiger partial charge on any atom is 0.508 e. The van der Waals surface area contributed by atoms with Crippen molar-refractivity contribution in [3.63, 3.8) is 0 Å². The van der Waals surface area contributed by atoms with Crippen LogP contribution in [0.2, 0.25) is 0 Å². The van der Waals surface area contributed by atoms with Crippen LogP contribution in [0.5, 0.6) is 0 Å². The average molecular weight is 375 g/mol. The zero-order valence-corrected chi connectivity index (χ0v) is 15.7. The molecule has 1 aromatic heterocycles. The second-order valence-electron chi connectivity index (χ2n) is 6.83. The molecular weight excluding hydrogens is 353 g/mol. The number of ether oxygens (including phenoxy) is 3. The molecule has 1 saturated heterocycles. The van der Waals surface area contributed by atoms with Crippen molar-refractivity contribution < 1.29 is 23.4 Å². The molecule has 0 aromatic carbocycles. The van der Waals surface area contributed by atoms with Gasteiger partial charge in [0.05, 0.1) is 0 Å². The van der Waals surface area contributed by atoms with Crippen molar-refractivity contribution in [2.45, 2.75) is 58.2 Å².